The van der Waals surface area contributed by atoms with E-state index in [9.17, 15) is 4.79 Å². The second-order valence-corrected chi connectivity index (χ2v) is 7.21. The molecule has 0 unspecified atom stereocenters. The van der Waals surface area contributed by atoms with Gasteiger partial charge >= 0.3 is 0 Å². The van der Waals surface area contributed by atoms with E-state index < -0.39 is 6.04 Å². The van der Waals surface area contributed by atoms with Gasteiger partial charge in [0.1, 0.15) is 0 Å². The average Bonchev–Trinajstić information content (AvgIpc) is 3.21. The third-order valence-corrected chi connectivity index (χ3v) is 5.53. The molecule has 1 aromatic heterocycles. The summed E-state index contributed by atoms with van der Waals surface area (Å²) in [7, 11) is 4.20. The van der Waals surface area contributed by atoms with Crippen molar-refractivity contribution in [2.24, 2.45) is 5.73 Å². The van der Waals surface area contributed by atoms with Crippen molar-refractivity contribution in [1.29, 1.82) is 0 Å². The Morgan fingerprint density at radius 1 is 1.33 bits per heavy atom. The zero-order valence-corrected chi connectivity index (χ0v) is 14.6. The molecule has 1 fully saturated rings. The van der Waals surface area contributed by atoms with Crippen LogP contribution in [-0.4, -0.2) is 48.0 Å². The van der Waals surface area contributed by atoms with Crippen molar-refractivity contribution in [1.82, 2.24) is 15.2 Å². The Morgan fingerprint density at radius 3 is 2.75 bits per heavy atom. The normalized spacial score (nSPS) is 18.2. The Morgan fingerprint density at radius 2 is 2.04 bits per heavy atom. The number of benzene rings is 1. The Bertz CT molecular complexity index is 700. The minimum atomic E-state index is -0.523. The van der Waals surface area contributed by atoms with Gasteiger partial charge in [0.15, 0.2) is 0 Å². The number of aromatic amines is 1. The van der Waals surface area contributed by atoms with Gasteiger partial charge in [-0.3, -0.25) is 4.79 Å². The molecule has 1 saturated carbocycles. The first kappa shape index (κ1) is 17.0. The van der Waals surface area contributed by atoms with Gasteiger partial charge in [-0.25, -0.2) is 0 Å². The van der Waals surface area contributed by atoms with E-state index in [-0.39, 0.29) is 11.4 Å². The second-order valence-electron chi connectivity index (χ2n) is 7.21. The molecule has 0 aliphatic heterocycles. The monoisotopic (exact) mass is 328 g/mol. The lowest BCUT2D eigenvalue weighted by Crippen LogP contribution is -2.53. The van der Waals surface area contributed by atoms with Crippen molar-refractivity contribution in [2.75, 3.05) is 20.6 Å². The fourth-order valence-electron chi connectivity index (χ4n) is 3.83. The molecule has 1 aromatic carbocycles. The van der Waals surface area contributed by atoms with Crippen LogP contribution in [0.1, 0.15) is 31.2 Å². The summed E-state index contributed by atoms with van der Waals surface area (Å²) in [5, 5.41) is 4.23. The van der Waals surface area contributed by atoms with Crippen LogP contribution in [0.4, 0.5) is 0 Å². The van der Waals surface area contributed by atoms with E-state index >= 15 is 0 Å². The van der Waals surface area contributed by atoms with Gasteiger partial charge in [0, 0.05) is 29.2 Å². The van der Waals surface area contributed by atoms with Crippen molar-refractivity contribution < 1.29 is 4.79 Å². The highest BCUT2D eigenvalue weighted by Crippen LogP contribution is 2.33. The third-order valence-electron chi connectivity index (χ3n) is 5.53. The molecule has 130 valence electrons. The van der Waals surface area contributed by atoms with Crippen LogP contribution >= 0.6 is 0 Å². The number of nitrogens with zero attached hydrogens (tertiary/aromatic N) is 1. The van der Waals surface area contributed by atoms with E-state index in [4.69, 9.17) is 5.73 Å². The molecule has 24 heavy (non-hydrogen) atoms. The van der Waals surface area contributed by atoms with Crippen molar-refractivity contribution in [3.8, 4) is 0 Å². The number of likely N-dealkylation sites (N-methyl/N-ethyl adjacent to an activating group) is 1. The number of H-pyrrole nitrogens is 1. The third kappa shape index (κ3) is 3.32. The molecule has 0 bridgehead atoms. The number of amides is 1. The first-order valence-electron chi connectivity index (χ1n) is 8.77. The van der Waals surface area contributed by atoms with E-state index in [0.29, 0.717) is 13.0 Å². The van der Waals surface area contributed by atoms with Crippen LogP contribution in [0.25, 0.3) is 10.9 Å². The van der Waals surface area contributed by atoms with Gasteiger partial charge < -0.3 is 20.9 Å². The maximum absolute atomic E-state index is 12.5. The van der Waals surface area contributed by atoms with Crippen LogP contribution in [0.2, 0.25) is 0 Å². The number of nitrogens with two attached hydrogens (primary N) is 1. The highest BCUT2D eigenvalue weighted by molar-refractivity contribution is 5.86. The van der Waals surface area contributed by atoms with Crippen molar-refractivity contribution in [3.05, 3.63) is 36.0 Å². The highest BCUT2D eigenvalue weighted by atomic mass is 16.2. The predicted octanol–water partition coefficient (Wildman–Crippen LogP) is 2.03. The van der Waals surface area contributed by atoms with Gasteiger partial charge in [0.2, 0.25) is 5.91 Å². The Hall–Kier alpha value is -1.85. The van der Waals surface area contributed by atoms with Gasteiger partial charge in [-0.2, -0.15) is 0 Å². The summed E-state index contributed by atoms with van der Waals surface area (Å²) in [5.41, 5.74) is 8.43. The van der Waals surface area contributed by atoms with Crippen LogP contribution in [-0.2, 0) is 11.2 Å². The minimum Gasteiger partial charge on any atom is -0.361 e. The van der Waals surface area contributed by atoms with Crippen molar-refractivity contribution >= 4 is 16.8 Å². The number of para-hydroxylation sites is 1. The molecule has 1 atom stereocenters. The molecule has 1 heterocycles. The number of rotatable bonds is 6. The quantitative estimate of drug-likeness (QED) is 0.759. The number of nitrogens with one attached hydrogen (secondary N) is 2. The SMILES string of the molecule is CN(C)C1(CNC(=O)[C@@H](N)Cc2c[nH]c3ccccc23)CCCC1. The highest BCUT2D eigenvalue weighted by Gasteiger charge is 2.36. The Labute approximate surface area is 143 Å². The molecule has 1 amide bonds. The summed E-state index contributed by atoms with van der Waals surface area (Å²) in [6.45, 7) is 0.681. The summed E-state index contributed by atoms with van der Waals surface area (Å²) < 4.78 is 0. The first-order chi connectivity index (χ1) is 11.5. The molecule has 1 aliphatic carbocycles. The number of fused-ring (bicyclic) bond motifs is 1. The Kier molecular flexibility index (Phi) is 4.92. The Balaban J connectivity index is 1.61. The summed E-state index contributed by atoms with van der Waals surface area (Å²) in [5.74, 6) is -0.0617. The van der Waals surface area contributed by atoms with E-state index in [0.717, 1.165) is 29.3 Å². The molecular weight excluding hydrogens is 300 g/mol. The molecule has 5 heteroatoms. The van der Waals surface area contributed by atoms with Crippen LogP contribution < -0.4 is 11.1 Å². The predicted molar refractivity (Wildman–Crippen MR) is 97.9 cm³/mol. The molecule has 5 nitrogen and oxygen atoms in total. The number of hydrogen-bond acceptors (Lipinski definition) is 3. The molecule has 0 spiro atoms. The van der Waals surface area contributed by atoms with Crippen LogP contribution in [0.5, 0.6) is 0 Å². The lowest BCUT2D eigenvalue weighted by Gasteiger charge is -2.36. The zero-order chi connectivity index (χ0) is 17.2. The fourth-order valence-corrected chi connectivity index (χ4v) is 3.83. The summed E-state index contributed by atoms with van der Waals surface area (Å²) >= 11 is 0. The number of aromatic nitrogens is 1. The lowest BCUT2D eigenvalue weighted by molar-refractivity contribution is -0.122. The molecule has 3 rings (SSSR count). The fraction of sp³-hybridized carbons (Fsp3) is 0.526. The van der Waals surface area contributed by atoms with E-state index in [1.165, 1.54) is 12.8 Å². The smallest absolute Gasteiger partial charge is 0.237 e. The van der Waals surface area contributed by atoms with E-state index in [1.807, 2.05) is 24.4 Å². The standard InChI is InChI=1S/C19H28N4O/c1-23(2)19(9-5-6-10-19)13-22-18(24)16(20)11-14-12-21-17-8-4-3-7-15(14)17/h3-4,7-8,12,16,21H,5-6,9-11,13,20H2,1-2H3,(H,22,24)/t16-/m0/s1. The number of carbonyl (C=O) groups excluding carboxylic acids is 1. The molecule has 0 radical (unpaired) electrons. The largest absolute Gasteiger partial charge is 0.361 e. The molecular formula is C19H28N4O. The molecule has 1 aliphatic rings. The number of carbonyl (C=O) groups is 1. The lowest BCUT2D eigenvalue weighted by atomic mass is 9.95. The second kappa shape index (κ2) is 6.95. The summed E-state index contributed by atoms with van der Waals surface area (Å²) in [4.78, 5) is 18.0. The maximum atomic E-state index is 12.5. The van der Waals surface area contributed by atoms with E-state index in [2.05, 4.69) is 35.4 Å². The minimum absolute atomic E-state index is 0.0617. The van der Waals surface area contributed by atoms with Crippen molar-refractivity contribution in [3.63, 3.8) is 0 Å². The zero-order valence-electron chi connectivity index (χ0n) is 14.6. The van der Waals surface area contributed by atoms with E-state index in [1.54, 1.807) is 0 Å². The van der Waals surface area contributed by atoms with Gasteiger partial charge in [-0.15, -0.1) is 0 Å². The van der Waals surface area contributed by atoms with Crippen LogP contribution in [0, 0.1) is 0 Å². The summed E-state index contributed by atoms with van der Waals surface area (Å²) in [6, 6.07) is 7.57. The van der Waals surface area contributed by atoms with Gasteiger partial charge in [-0.05, 0) is 45.0 Å². The van der Waals surface area contributed by atoms with Crippen LogP contribution in [0.3, 0.4) is 0 Å². The summed E-state index contributed by atoms with van der Waals surface area (Å²) in [6.07, 6.45) is 7.24. The molecule has 2 aromatic rings. The van der Waals surface area contributed by atoms with Crippen molar-refractivity contribution in [2.45, 2.75) is 43.7 Å². The van der Waals surface area contributed by atoms with Crippen LogP contribution in [0.15, 0.2) is 30.5 Å². The van der Waals surface area contributed by atoms with Gasteiger partial charge in [0.05, 0.1) is 6.04 Å². The average molecular weight is 328 g/mol. The first-order valence-corrected chi connectivity index (χ1v) is 8.77. The van der Waals surface area contributed by atoms with Gasteiger partial charge in [-0.1, -0.05) is 31.0 Å². The number of hydrogen-bond donors (Lipinski definition) is 3. The molecule has 4 N–H and O–H groups in total. The maximum Gasteiger partial charge on any atom is 0.237 e. The molecule has 0 saturated heterocycles. The topological polar surface area (TPSA) is 74.2 Å². The van der Waals surface area contributed by atoms with Gasteiger partial charge in [0.25, 0.3) is 0 Å².